The van der Waals surface area contributed by atoms with Gasteiger partial charge >= 0.3 is 0 Å². The Bertz CT molecular complexity index is 2700. The van der Waals surface area contributed by atoms with Gasteiger partial charge in [-0.3, -0.25) is 0 Å². The highest BCUT2D eigenvalue weighted by Crippen LogP contribution is 2.43. The number of thiophene rings is 1. The van der Waals surface area contributed by atoms with Gasteiger partial charge in [0.05, 0.1) is 21.4 Å². The van der Waals surface area contributed by atoms with E-state index in [1.54, 1.807) is 0 Å². The first kappa shape index (κ1) is 26.8. The molecule has 47 heavy (non-hydrogen) atoms. The minimum absolute atomic E-state index is 0.798. The molecule has 0 fully saturated rings. The van der Waals surface area contributed by atoms with Gasteiger partial charge in [-0.2, -0.15) is 0 Å². The second-order valence-corrected chi connectivity index (χ2v) is 18.3. The van der Waals surface area contributed by atoms with E-state index < -0.39 is 8.07 Å². The Labute approximate surface area is 277 Å². The van der Waals surface area contributed by atoms with Crippen LogP contribution in [-0.2, 0) is 0 Å². The third kappa shape index (κ3) is 3.78. The molecule has 0 amide bonds. The van der Waals surface area contributed by atoms with Crippen molar-refractivity contribution in [3.05, 3.63) is 140 Å². The minimum atomic E-state index is -2.02. The van der Waals surface area contributed by atoms with Gasteiger partial charge in [-0.25, -0.2) is 9.97 Å². The molecular weight excluding hydrogens is 607 g/mol. The maximum absolute atomic E-state index is 5.31. The molecule has 5 heteroatoms. The summed E-state index contributed by atoms with van der Waals surface area (Å²) in [4.78, 5) is 10.6. The maximum atomic E-state index is 5.31. The van der Waals surface area contributed by atoms with Crippen molar-refractivity contribution in [2.24, 2.45) is 0 Å². The maximum Gasteiger partial charge on any atom is 0.159 e. The lowest BCUT2D eigenvalue weighted by Crippen LogP contribution is -2.50. The van der Waals surface area contributed by atoms with Crippen molar-refractivity contribution in [3.63, 3.8) is 0 Å². The molecule has 0 N–H and O–H groups in total. The van der Waals surface area contributed by atoms with Crippen LogP contribution in [0, 0.1) is 0 Å². The van der Waals surface area contributed by atoms with E-state index in [9.17, 15) is 0 Å². The van der Waals surface area contributed by atoms with Gasteiger partial charge in [0.25, 0.3) is 0 Å². The number of aromatic nitrogens is 3. The van der Waals surface area contributed by atoms with Crippen LogP contribution in [0.1, 0.15) is 0 Å². The summed E-state index contributed by atoms with van der Waals surface area (Å²) < 4.78 is 5.10. The topological polar surface area (TPSA) is 30.7 Å². The predicted octanol–water partition coefficient (Wildman–Crippen LogP) is 10.1. The molecular formula is C42H29N3SSi. The standard InChI is InChI=1S/C42H29N3SSi/c1-47(2)36-19-11-8-16-33(36)37-38(43-41(44-42(37)47)27-12-4-3-5-13-27)26-20-22-28(23-21-26)45-34-17-9-6-14-29(34)31-24-25-32-30-15-7-10-18-35(30)46-40(32)39(31)45/h3-25H,1-2H3. The Kier molecular flexibility index (Phi) is 5.60. The van der Waals surface area contributed by atoms with E-state index in [4.69, 9.17) is 9.97 Å². The van der Waals surface area contributed by atoms with Crippen molar-refractivity contribution in [1.82, 2.24) is 14.5 Å². The van der Waals surface area contributed by atoms with E-state index in [0.717, 1.165) is 28.3 Å². The molecule has 1 aliphatic rings. The molecule has 0 saturated heterocycles. The molecule has 0 atom stereocenters. The van der Waals surface area contributed by atoms with Crippen molar-refractivity contribution in [2.45, 2.75) is 13.1 Å². The smallest absolute Gasteiger partial charge is 0.159 e. The zero-order chi connectivity index (χ0) is 31.3. The largest absolute Gasteiger partial charge is 0.308 e. The Balaban J connectivity index is 1.21. The first-order chi connectivity index (χ1) is 23.1. The first-order valence-electron chi connectivity index (χ1n) is 16.1. The van der Waals surface area contributed by atoms with E-state index in [2.05, 4.69) is 151 Å². The summed E-state index contributed by atoms with van der Waals surface area (Å²) in [6, 6.07) is 50.5. The number of fused-ring (bicyclic) bond motifs is 10. The Morgan fingerprint density at radius 2 is 1.28 bits per heavy atom. The minimum Gasteiger partial charge on any atom is -0.308 e. The molecule has 9 aromatic rings. The van der Waals surface area contributed by atoms with Gasteiger partial charge in [0.15, 0.2) is 5.82 Å². The number of nitrogens with zero attached hydrogens (tertiary/aromatic N) is 3. The molecule has 0 unspecified atom stereocenters. The summed E-state index contributed by atoms with van der Waals surface area (Å²) >= 11 is 1.89. The van der Waals surface area contributed by atoms with Gasteiger partial charge < -0.3 is 4.57 Å². The molecule has 1 aliphatic heterocycles. The summed E-state index contributed by atoms with van der Waals surface area (Å²) in [7, 11) is -2.02. The van der Waals surface area contributed by atoms with Gasteiger partial charge in [-0.05, 0) is 35.0 Å². The van der Waals surface area contributed by atoms with Crippen LogP contribution < -0.4 is 10.5 Å². The van der Waals surface area contributed by atoms with E-state index >= 15 is 0 Å². The summed E-state index contributed by atoms with van der Waals surface area (Å²) in [5.74, 6) is 0.798. The van der Waals surface area contributed by atoms with Gasteiger partial charge in [-0.1, -0.05) is 128 Å². The number of para-hydroxylation sites is 1. The Morgan fingerprint density at radius 1 is 0.574 bits per heavy atom. The van der Waals surface area contributed by atoms with E-state index in [0.29, 0.717) is 0 Å². The van der Waals surface area contributed by atoms with Crippen LogP contribution in [0.15, 0.2) is 140 Å². The highest BCUT2D eigenvalue weighted by atomic mass is 32.1. The fraction of sp³-hybridized carbons (Fsp3) is 0.0476. The van der Waals surface area contributed by atoms with Crippen LogP contribution in [0.25, 0.3) is 81.4 Å². The molecule has 0 aliphatic carbocycles. The van der Waals surface area contributed by atoms with E-state index in [1.165, 1.54) is 63.6 Å². The van der Waals surface area contributed by atoms with E-state index in [1.807, 2.05) is 17.4 Å². The van der Waals surface area contributed by atoms with Crippen LogP contribution in [0.3, 0.4) is 0 Å². The molecule has 4 heterocycles. The summed E-state index contributed by atoms with van der Waals surface area (Å²) in [6.07, 6.45) is 0. The molecule has 10 rings (SSSR count). The summed E-state index contributed by atoms with van der Waals surface area (Å²) in [5, 5.41) is 7.85. The SMILES string of the molecule is C[Si]1(C)c2ccccc2-c2c(-c3ccc(-n4c5ccccc5c5ccc6c7ccccc7sc6c54)cc3)nc(-c3ccccc3)nc21. The highest BCUT2D eigenvalue weighted by Gasteiger charge is 2.41. The Hall–Kier alpha value is -5.36. The lowest BCUT2D eigenvalue weighted by atomic mass is 10.00. The normalized spacial score (nSPS) is 13.5. The first-order valence-corrected chi connectivity index (χ1v) is 19.9. The number of rotatable bonds is 3. The molecule has 3 nitrogen and oxygen atoms in total. The zero-order valence-electron chi connectivity index (χ0n) is 26.0. The van der Waals surface area contributed by atoms with Gasteiger partial charge in [0, 0.05) is 53.9 Å². The number of benzene rings is 6. The number of hydrogen-bond acceptors (Lipinski definition) is 3. The van der Waals surface area contributed by atoms with Crippen LogP contribution >= 0.6 is 11.3 Å². The van der Waals surface area contributed by atoms with Crippen molar-refractivity contribution in [2.75, 3.05) is 0 Å². The Morgan fingerprint density at radius 3 is 2.13 bits per heavy atom. The summed E-state index contributed by atoms with van der Waals surface area (Å²) in [5.41, 5.74) is 9.30. The molecule has 222 valence electrons. The van der Waals surface area contributed by atoms with Crippen LogP contribution in [0.5, 0.6) is 0 Å². The highest BCUT2D eigenvalue weighted by molar-refractivity contribution is 7.26. The van der Waals surface area contributed by atoms with Crippen molar-refractivity contribution in [1.29, 1.82) is 0 Å². The van der Waals surface area contributed by atoms with E-state index in [-0.39, 0.29) is 0 Å². The van der Waals surface area contributed by atoms with Crippen LogP contribution in [0.2, 0.25) is 13.1 Å². The molecule has 0 spiro atoms. The zero-order valence-corrected chi connectivity index (χ0v) is 27.8. The fourth-order valence-corrected chi connectivity index (χ4v) is 11.9. The molecule has 0 bridgehead atoms. The second kappa shape index (κ2) is 9.82. The van der Waals surface area contributed by atoms with Crippen molar-refractivity contribution in [3.8, 4) is 39.5 Å². The molecule has 0 radical (unpaired) electrons. The van der Waals surface area contributed by atoms with Crippen LogP contribution in [-0.4, -0.2) is 22.6 Å². The lowest BCUT2D eigenvalue weighted by molar-refractivity contribution is 1.18. The summed E-state index contributed by atoms with van der Waals surface area (Å²) in [6.45, 7) is 4.84. The van der Waals surface area contributed by atoms with Gasteiger partial charge in [0.2, 0.25) is 0 Å². The quantitative estimate of drug-likeness (QED) is 0.181. The average Bonchev–Trinajstić information content (AvgIpc) is 3.74. The van der Waals surface area contributed by atoms with Gasteiger partial charge in [0.1, 0.15) is 8.07 Å². The molecule has 0 saturated carbocycles. The monoisotopic (exact) mass is 635 g/mol. The fourth-order valence-electron chi connectivity index (χ4n) is 7.73. The third-order valence-electron chi connectivity index (χ3n) is 9.98. The van der Waals surface area contributed by atoms with Crippen LogP contribution in [0.4, 0.5) is 0 Å². The van der Waals surface area contributed by atoms with Gasteiger partial charge in [-0.15, -0.1) is 11.3 Å². The average molecular weight is 636 g/mol. The van der Waals surface area contributed by atoms with Crippen molar-refractivity contribution < 1.29 is 0 Å². The predicted molar refractivity (Wildman–Crippen MR) is 202 cm³/mol. The molecule has 6 aromatic carbocycles. The molecule has 3 aromatic heterocycles. The second-order valence-electron chi connectivity index (χ2n) is 13.0. The third-order valence-corrected chi connectivity index (χ3v) is 14.5. The van der Waals surface area contributed by atoms with Crippen molar-refractivity contribution >= 4 is 71.9 Å². The number of hydrogen-bond donors (Lipinski definition) is 0. The lowest BCUT2D eigenvalue weighted by Gasteiger charge is -2.19.